The van der Waals surface area contributed by atoms with E-state index in [1.165, 1.54) is 11.0 Å². The lowest BCUT2D eigenvalue weighted by molar-refractivity contribution is -0.140. The van der Waals surface area contributed by atoms with Crippen LogP contribution in [-0.2, 0) is 14.3 Å². The molecule has 9 heteroatoms. The summed E-state index contributed by atoms with van der Waals surface area (Å²) in [5.74, 6) is -1.13. The summed E-state index contributed by atoms with van der Waals surface area (Å²) in [6.07, 6.45) is -0.219. The largest absolute Gasteiger partial charge is 0.508 e. The van der Waals surface area contributed by atoms with Gasteiger partial charge in [0.05, 0.1) is 0 Å². The van der Waals surface area contributed by atoms with Crippen LogP contribution in [0.2, 0.25) is 0 Å². The van der Waals surface area contributed by atoms with E-state index in [0.29, 0.717) is 12.1 Å². The van der Waals surface area contributed by atoms with Crippen LogP contribution in [0.4, 0.5) is 10.5 Å². The van der Waals surface area contributed by atoms with Gasteiger partial charge in [0.1, 0.15) is 23.4 Å². The zero-order valence-corrected chi connectivity index (χ0v) is 21.8. The number of ether oxygens (including phenoxy) is 1. The Bertz CT molecular complexity index is 1040. The van der Waals surface area contributed by atoms with Crippen molar-refractivity contribution in [3.05, 3.63) is 59.7 Å². The van der Waals surface area contributed by atoms with Crippen molar-refractivity contribution < 1.29 is 24.2 Å². The molecular weight excluding hydrogens is 466 g/mol. The van der Waals surface area contributed by atoms with Crippen LogP contribution in [0.5, 0.6) is 5.75 Å². The minimum atomic E-state index is -1.15. The first kappa shape index (κ1) is 28.0. The number of para-hydroxylation sites is 2. The number of hydrogen-bond acceptors (Lipinski definition) is 6. The maximum atomic E-state index is 13.7. The molecule has 0 spiro atoms. The third-order valence-corrected chi connectivity index (χ3v) is 5.48. The van der Waals surface area contributed by atoms with Crippen molar-refractivity contribution in [3.8, 4) is 5.75 Å². The van der Waals surface area contributed by atoms with Gasteiger partial charge in [-0.1, -0.05) is 43.3 Å². The number of carbonyl (C=O) groups is 3. The fourth-order valence-corrected chi connectivity index (χ4v) is 3.77. The summed E-state index contributed by atoms with van der Waals surface area (Å²) in [5, 5.41) is 16.0. The summed E-state index contributed by atoms with van der Waals surface area (Å²) in [5.41, 5.74) is 0.975. The Labute approximate surface area is 212 Å². The van der Waals surface area contributed by atoms with E-state index in [9.17, 15) is 19.5 Å². The van der Waals surface area contributed by atoms with Crippen LogP contribution in [0.25, 0.3) is 0 Å². The van der Waals surface area contributed by atoms with Crippen LogP contribution in [-0.4, -0.2) is 51.9 Å². The lowest BCUT2D eigenvalue weighted by Gasteiger charge is -2.34. The number of nitrogens with zero attached hydrogens (tertiary/aromatic N) is 1. The molecule has 2 aromatic carbocycles. The molecule has 0 saturated heterocycles. The summed E-state index contributed by atoms with van der Waals surface area (Å²) >= 11 is 4.26. The molecule has 2 unspecified atom stereocenters. The number of carbonyl (C=O) groups excluding carboxylic acids is 3. The average Bonchev–Trinajstić information content (AvgIpc) is 2.78. The molecule has 0 saturated carbocycles. The smallest absolute Gasteiger partial charge is 0.408 e. The van der Waals surface area contributed by atoms with Gasteiger partial charge in [0.25, 0.3) is 5.91 Å². The first-order valence-corrected chi connectivity index (χ1v) is 12.2. The van der Waals surface area contributed by atoms with E-state index in [1.807, 2.05) is 26.0 Å². The quantitative estimate of drug-likeness (QED) is 0.380. The van der Waals surface area contributed by atoms with E-state index >= 15 is 0 Å². The minimum absolute atomic E-state index is 0.00874. The number of nitrogens with one attached hydrogen (secondary N) is 2. The summed E-state index contributed by atoms with van der Waals surface area (Å²) in [6, 6.07) is 11.5. The van der Waals surface area contributed by atoms with Crippen LogP contribution in [0.3, 0.4) is 0 Å². The molecule has 2 rings (SSSR count). The SMILES string of the molecule is CCCN(C(=O)C(CS)NC(=O)OC(C)(C)C)C(C(=O)Nc1ccccc1C)c1ccccc1O. The van der Waals surface area contributed by atoms with Gasteiger partial charge >= 0.3 is 6.09 Å². The third-order valence-electron chi connectivity index (χ3n) is 5.11. The Balaban J connectivity index is 2.45. The lowest BCUT2D eigenvalue weighted by Crippen LogP contribution is -2.53. The molecule has 0 radical (unpaired) electrons. The van der Waals surface area contributed by atoms with E-state index in [-0.39, 0.29) is 23.6 Å². The van der Waals surface area contributed by atoms with Gasteiger partial charge in [0, 0.05) is 23.5 Å². The number of hydrogen-bond donors (Lipinski definition) is 4. The Morgan fingerprint density at radius 1 is 1.09 bits per heavy atom. The first-order valence-electron chi connectivity index (χ1n) is 11.5. The Kier molecular flexibility index (Phi) is 10.0. The number of anilines is 1. The first-order chi connectivity index (χ1) is 16.5. The minimum Gasteiger partial charge on any atom is -0.508 e. The number of alkyl carbamates (subject to hydrolysis) is 1. The highest BCUT2D eigenvalue weighted by atomic mass is 32.1. The molecule has 0 aliphatic heterocycles. The topological polar surface area (TPSA) is 108 Å². The number of phenols is 1. The van der Waals surface area contributed by atoms with E-state index in [1.54, 1.807) is 51.1 Å². The van der Waals surface area contributed by atoms with E-state index < -0.39 is 35.6 Å². The monoisotopic (exact) mass is 501 g/mol. The Hall–Kier alpha value is -3.20. The van der Waals surface area contributed by atoms with Crippen molar-refractivity contribution in [2.45, 2.75) is 58.7 Å². The maximum absolute atomic E-state index is 13.7. The molecule has 3 amide bonds. The van der Waals surface area contributed by atoms with Crippen molar-refractivity contribution in [1.82, 2.24) is 10.2 Å². The molecule has 0 fully saturated rings. The molecule has 35 heavy (non-hydrogen) atoms. The number of aromatic hydroxyl groups is 1. The summed E-state index contributed by atoms with van der Waals surface area (Å²) in [7, 11) is 0. The second kappa shape index (κ2) is 12.5. The molecule has 0 heterocycles. The molecule has 3 N–H and O–H groups in total. The van der Waals surface area contributed by atoms with Gasteiger partial charge in [-0.05, 0) is 51.8 Å². The highest BCUT2D eigenvalue weighted by molar-refractivity contribution is 7.80. The van der Waals surface area contributed by atoms with Gasteiger partial charge in [-0.3, -0.25) is 9.59 Å². The second-order valence-corrected chi connectivity index (χ2v) is 9.54. The molecule has 190 valence electrons. The molecule has 2 aromatic rings. The van der Waals surface area contributed by atoms with Crippen molar-refractivity contribution in [2.75, 3.05) is 17.6 Å². The maximum Gasteiger partial charge on any atom is 0.408 e. The number of thiol groups is 1. The van der Waals surface area contributed by atoms with Crippen LogP contribution >= 0.6 is 12.6 Å². The fraction of sp³-hybridized carbons (Fsp3) is 0.423. The number of amides is 3. The number of phenolic OH excluding ortho intramolecular Hbond substituents is 1. The van der Waals surface area contributed by atoms with Crippen LogP contribution in [0.1, 0.15) is 51.3 Å². The zero-order valence-electron chi connectivity index (χ0n) is 20.9. The lowest BCUT2D eigenvalue weighted by atomic mass is 10.0. The standard InChI is InChI=1S/C26H35N3O5S/c1-6-15-29(24(32)20(16-35)28-25(33)34-26(3,4)5)22(18-12-8-10-14-21(18)30)23(31)27-19-13-9-7-11-17(19)2/h7-14,20,22,30,35H,6,15-16H2,1-5H3,(H,27,31)(H,28,33). The van der Waals surface area contributed by atoms with Crippen molar-refractivity contribution >= 4 is 36.2 Å². The number of aryl methyl sites for hydroxylation is 1. The van der Waals surface area contributed by atoms with Crippen molar-refractivity contribution in [3.63, 3.8) is 0 Å². The van der Waals surface area contributed by atoms with Gasteiger partial charge in [-0.2, -0.15) is 12.6 Å². The van der Waals surface area contributed by atoms with Crippen molar-refractivity contribution in [2.24, 2.45) is 0 Å². The molecule has 8 nitrogen and oxygen atoms in total. The Morgan fingerprint density at radius 3 is 2.29 bits per heavy atom. The van der Waals surface area contributed by atoms with Gasteiger partial charge in [0.15, 0.2) is 0 Å². The van der Waals surface area contributed by atoms with Crippen LogP contribution in [0, 0.1) is 6.92 Å². The average molecular weight is 502 g/mol. The van der Waals surface area contributed by atoms with Gasteiger partial charge in [0.2, 0.25) is 5.91 Å². The molecule has 0 bridgehead atoms. The molecule has 0 aliphatic carbocycles. The van der Waals surface area contributed by atoms with Crippen LogP contribution in [0.15, 0.2) is 48.5 Å². The molecule has 0 aliphatic rings. The zero-order chi connectivity index (χ0) is 26.2. The van der Waals surface area contributed by atoms with Gasteiger partial charge in [-0.15, -0.1) is 0 Å². The molecule has 2 atom stereocenters. The molecule has 0 aromatic heterocycles. The van der Waals surface area contributed by atoms with E-state index in [2.05, 4.69) is 23.3 Å². The normalized spacial score (nSPS) is 12.9. The molecular formula is C26H35N3O5S. The summed E-state index contributed by atoms with van der Waals surface area (Å²) < 4.78 is 5.29. The Morgan fingerprint density at radius 2 is 1.71 bits per heavy atom. The van der Waals surface area contributed by atoms with Crippen LogP contribution < -0.4 is 10.6 Å². The second-order valence-electron chi connectivity index (χ2n) is 9.18. The van der Waals surface area contributed by atoms with E-state index in [4.69, 9.17) is 4.74 Å². The highest BCUT2D eigenvalue weighted by Gasteiger charge is 2.36. The van der Waals surface area contributed by atoms with Crippen molar-refractivity contribution in [1.29, 1.82) is 0 Å². The summed E-state index contributed by atoms with van der Waals surface area (Å²) in [6.45, 7) is 9.10. The predicted octanol–water partition coefficient (Wildman–Crippen LogP) is 4.44. The predicted molar refractivity (Wildman–Crippen MR) is 140 cm³/mol. The highest BCUT2D eigenvalue weighted by Crippen LogP contribution is 2.31. The number of rotatable bonds is 9. The fourth-order valence-electron chi connectivity index (χ4n) is 3.53. The van der Waals surface area contributed by atoms with Gasteiger partial charge in [-0.25, -0.2) is 4.79 Å². The summed E-state index contributed by atoms with van der Waals surface area (Å²) in [4.78, 5) is 41.0. The van der Waals surface area contributed by atoms with Gasteiger partial charge < -0.3 is 25.4 Å². The van der Waals surface area contributed by atoms with E-state index in [0.717, 1.165) is 5.56 Å². The number of benzene rings is 2. The third kappa shape index (κ3) is 7.92.